The largest absolute Gasteiger partial charge is 0.493 e. The number of carbonyl (C=O) groups is 2. The number of ether oxygens (including phenoxy) is 1. The van der Waals surface area contributed by atoms with Gasteiger partial charge in [-0.25, -0.2) is 0 Å². The molecular weight excluding hydrogens is 508 g/mol. The lowest BCUT2D eigenvalue weighted by Crippen LogP contribution is -2.17. The van der Waals surface area contributed by atoms with Crippen molar-refractivity contribution < 1.29 is 31.9 Å². The number of thioether (sulfide) groups is 1. The molecule has 0 spiro atoms. The molecule has 0 aromatic heterocycles. The van der Waals surface area contributed by atoms with E-state index in [1.54, 1.807) is 42.5 Å². The lowest BCUT2D eigenvalue weighted by molar-refractivity contribution is -0.385. The lowest BCUT2D eigenvalue weighted by atomic mass is 10.1. The summed E-state index contributed by atoms with van der Waals surface area (Å²) in [5, 5.41) is 12.7. The number of nitrogens with zero attached hydrogens (tertiary/aromatic N) is 1. The number of nitro benzene ring substituents is 1. The van der Waals surface area contributed by atoms with E-state index in [9.17, 15) is 28.1 Å². The van der Waals surface area contributed by atoms with E-state index < -0.39 is 26.2 Å². The molecule has 1 aliphatic heterocycles. The molecule has 0 radical (unpaired) electrons. The molecule has 0 bridgehead atoms. The van der Waals surface area contributed by atoms with E-state index >= 15 is 0 Å². The van der Waals surface area contributed by atoms with Crippen molar-refractivity contribution in [3.8, 4) is 11.5 Å². The van der Waals surface area contributed by atoms with E-state index in [1.807, 2.05) is 0 Å². The zero-order valence-corrected chi connectivity index (χ0v) is 20.1. The Morgan fingerprint density at radius 1 is 0.972 bits per heavy atom. The standard InChI is InChI=1S/C24H18N2O8S2/c27-23-22(35-24(28)25-23)14-17-6-8-19(9-7-17)33-13-12-16-4-10-20(11-5-16)34-36(31,32)21-3-1-2-18(15-21)26(29)30/h1-11,14-15H,12-13H2,(H,25,27,28). The van der Waals surface area contributed by atoms with Crippen LogP contribution in [0, 0.1) is 10.1 Å². The van der Waals surface area contributed by atoms with Crippen LogP contribution in [0.5, 0.6) is 11.5 Å². The summed E-state index contributed by atoms with van der Waals surface area (Å²) in [5.41, 5.74) is 1.29. The van der Waals surface area contributed by atoms with Crippen LogP contribution in [0.2, 0.25) is 0 Å². The summed E-state index contributed by atoms with van der Waals surface area (Å²) in [5.74, 6) is 0.287. The van der Waals surface area contributed by atoms with Gasteiger partial charge in [-0.2, -0.15) is 8.42 Å². The van der Waals surface area contributed by atoms with Gasteiger partial charge >= 0.3 is 10.1 Å². The molecule has 3 aromatic carbocycles. The van der Waals surface area contributed by atoms with Crippen LogP contribution in [0.4, 0.5) is 10.5 Å². The second-order valence-electron chi connectivity index (χ2n) is 7.46. The second-order valence-corrected chi connectivity index (χ2v) is 10.0. The van der Waals surface area contributed by atoms with Crippen molar-refractivity contribution >= 4 is 44.8 Å². The maximum Gasteiger partial charge on any atom is 0.339 e. The number of hydrogen-bond acceptors (Lipinski definition) is 9. The molecule has 0 saturated carbocycles. The number of nitrogens with one attached hydrogen (secondary N) is 1. The van der Waals surface area contributed by atoms with Crippen molar-refractivity contribution in [3.05, 3.63) is 98.9 Å². The number of benzene rings is 3. The van der Waals surface area contributed by atoms with Crippen LogP contribution in [-0.4, -0.2) is 31.1 Å². The number of rotatable bonds is 9. The Balaban J connectivity index is 1.30. The highest BCUT2D eigenvalue weighted by atomic mass is 32.2. The Kier molecular flexibility index (Phi) is 7.36. The monoisotopic (exact) mass is 526 g/mol. The molecule has 12 heteroatoms. The molecule has 0 unspecified atom stereocenters. The molecule has 0 aliphatic carbocycles. The summed E-state index contributed by atoms with van der Waals surface area (Å²) in [6.07, 6.45) is 2.17. The third-order valence-corrected chi connectivity index (χ3v) is 6.98. The molecule has 0 atom stereocenters. The van der Waals surface area contributed by atoms with E-state index in [0.717, 1.165) is 29.0 Å². The summed E-state index contributed by atoms with van der Waals surface area (Å²) in [6.45, 7) is 0.360. The van der Waals surface area contributed by atoms with Crippen LogP contribution in [0.1, 0.15) is 11.1 Å². The fourth-order valence-corrected chi connectivity index (χ4v) is 4.81. The Morgan fingerprint density at radius 2 is 1.67 bits per heavy atom. The van der Waals surface area contributed by atoms with Gasteiger partial charge < -0.3 is 8.92 Å². The molecule has 1 N–H and O–H groups in total. The van der Waals surface area contributed by atoms with Gasteiger partial charge in [0, 0.05) is 18.6 Å². The summed E-state index contributed by atoms with van der Waals surface area (Å²) in [6, 6.07) is 18.1. The minimum atomic E-state index is -4.23. The Bertz CT molecular complexity index is 1450. The van der Waals surface area contributed by atoms with Crippen LogP contribution in [0.15, 0.2) is 82.6 Å². The first-order valence-corrected chi connectivity index (χ1v) is 12.7. The zero-order chi connectivity index (χ0) is 25.7. The lowest BCUT2D eigenvalue weighted by Gasteiger charge is -2.09. The van der Waals surface area contributed by atoms with Crippen molar-refractivity contribution in [2.75, 3.05) is 6.61 Å². The third kappa shape index (κ3) is 6.29. The highest BCUT2D eigenvalue weighted by molar-refractivity contribution is 8.18. The van der Waals surface area contributed by atoms with Crippen LogP contribution in [-0.2, 0) is 21.3 Å². The van der Waals surface area contributed by atoms with Gasteiger partial charge in [-0.1, -0.05) is 30.3 Å². The molecule has 1 heterocycles. The van der Waals surface area contributed by atoms with Crippen LogP contribution in [0.25, 0.3) is 6.08 Å². The molecule has 184 valence electrons. The van der Waals surface area contributed by atoms with Crippen LogP contribution >= 0.6 is 11.8 Å². The van der Waals surface area contributed by atoms with Gasteiger partial charge in [-0.3, -0.25) is 25.0 Å². The summed E-state index contributed by atoms with van der Waals surface area (Å²) < 4.78 is 35.7. The first-order valence-electron chi connectivity index (χ1n) is 10.5. The van der Waals surface area contributed by atoms with Crippen molar-refractivity contribution in [1.29, 1.82) is 0 Å². The Labute approximate surface area is 210 Å². The molecule has 2 amide bonds. The number of nitro groups is 1. The highest BCUT2D eigenvalue weighted by Gasteiger charge is 2.25. The van der Waals surface area contributed by atoms with Gasteiger partial charge in [-0.05, 0) is 59.3 Å². The average Bonchev–Trinajstić information content (AvgIpc) is 3.17. The second kappa shape index (κ2) is 10.6. The number of amides is 2. The van der Waals surface area contributed by atoms with E-state index in [4.69, 9.17) is 8.92 Å². The first kappa shape index (κ1) is 24.9. The molecule has 1 aliphatic rings. The number of imide groups is 1. The number of non-ortho nitro benzene ring substituents is 1. The Hall–Kier alpha value is -4.16. The fourth-order valence-electron chi connectivity index (χ4n) is 3.16. The minimum absolute atomic E-state index is 0.0756. The van der Waals surface area contributed by atoms with Crippen molar-refractivity contribution in [2.24, 2.45) is 0 Å². The zero-order valence-electron chi connectivity index (χ0n) is 18.4. The third-order valence-electron chi connectivity index (χ3n) is 4.93. The van der Waals surface area contributed by atoms with E-state index in [2.05, 4.69) is 5.32 Å². The average molecular weight is 527 g/mol. The molecule has 3 aromatic rings. The first-order chi connectivity index (χ1) is 17.2. The molecule has 36 heavy (non-hydrogen) atoms. The Morgan fingerprint density at radius 3 is 2.31 bits per heavy atom. The van der Waals surface area contributed by atoms with E-state index in [1.165, 1.54) is 30.3 Å². The number of hydrogen-bond donors (Lipinski definition) is 1. The molecule has 10 nitrogen and oxygen atoms in total. The fraction of sp³-hybridized carbons (Fsp3) is 0.0833. The predicted molar refractivity (Wildman–Crippen MR) is 132 cm³/mol. The molecule has 1 fully saturated rings. The normalized spacial score (nSPS) is 14.5. The maximum atomic E-state index is 12.4. The molecule has 4 rings (SSSR count). The smallest absolute Gasteiger partial charge is 0.339 e. The van der Waals surface area contributed by atoms with E-state index in [-0.39, 0.29) is 16.3 Å². The molecule has 1 saturated heterocycles. The van der Waals surface area contributed by atoms with Gasteiger partial charge in [0.25, 0.3) is 16.8 Å². The van der Waals surface area contributed by atoms with Crippen LogP contribution < -0.4 is 14.2 Å². The van der Waals surface area contributed by atoms with Gasteiger partial charge in [-0.15, -0.1) is 0 Å². The highest BCUT2D eigenvalue weighted by Crippen LogP contribution is 2.26. The van der Waals surface area contributed by atoms with E-state index in [0.29, 0.717) is 23.7 Å². The van der Waals surface area contributed by atoms with Gasteiger partial charge in [0.2, 0.25) is 0 Å². The van der Waals surface area contributed by atoms with Gasteiger partial charge in [0.15, 0.2) is 0 Å². The quantitative estimate of drug-likeness (QED) is 0.187. The number of carbonyl (C=O) groups excluding carboxylic acids is 2. The van der Waals surface area contributed by atoms with Crippen LogP contribution in [0.3, 0.4) is 0 Å². The van der Waals surface area contributed by atoms with Gasteiger partial charge in [0.05, 0.1) is 16.4 Å². The molecular formula is C24H18N2O8S2. The summed E-state index contributed by atoms with van der Waals surface area (Å²) >= 11 is 0.852. The predicted octanol–water partition coefficient (Wildman–Crippen LogP) is 4.31. The summed E-state index contributed by atoms with van der Waals surface area (Å²) in [7, 11) is -4.23. The van der Waals surface area contributed by atoms with Crippen molar-refractivity contribution in [2.45, 2.75) is 11.3 Å². The van der Waals surface area contributed by atoms with Crippen molar-refractivity contribution in [1.82, 2.24) is 5.32 Å². The maximum absolute atomic E-state index is 12.4. The van der Waals surface area contributed by atoms with Crippen molar-refractivity contribution in [3.63, 3.8) is 0 Å². The minimum Gasteiger partial charge on any atom is -0.493 e. The SMILES string of the molecule is O=C1NC(=O)C(=Cc2ccc(OCCc3ccc(OS(=O)(=O)c4cccc([N+](=O)[O-])c4)cc3)cc2)S1. The summed E-state index contributed by atoms with van der Waals surface area (Å²) in [4.78, 5) is 33.1. The van der Waals surface area contributed by atoms with Gasteiger partial charge in [0.1, 0.15) is 16.4 Å². The topological polar surface area (TPSA) is 142 Å².